The van der Waals surface area contributed by atoms with Crippen LogP contribution in [0.4, 0.5) is 0 Å². The van der Waals surface area contributed by atoms with E-state index in [-0.39, 0.29) is 5.91 Å². The van der Waals surface area contributed by atoms with Gasteiger partial charge in [0.15, 0.2) is 5.65 Å². The topological polar surface area (TPSA) is 62.5 Å². The van der Waals surface area contributed by atoms with Gasteiger partial charge in [-0.1, -0.05) is 60.0 Å². The van der Waals surface area contributed by atoms with E-state index in [9.17, 15) is 4.79 Å². The molecule has 5 rings (SSSR count). The van der Waals surface area contributed by atoms with Crippen molar-refractivity contribution in [3.05, 3.63) is 76.5 Å². The van der Waals surface area contributed by atoms with Crippen LogP contribution in [0.25, 0.3) is 28.0 Å². The summed E-state index contributed by atoms with van der Waals surface area (Å²) in [6.45, 7) is 1.70. The molecule has 1 aliphatic heterocycles. The number of aromatic nitrogens is 3. The average molecular weight is 466 g/mol. The summed E-state index contributed by atoms with van der Waals surface area (Å²) in [5, 5.41) is 7.76. The molecule has 4 aromatic rings. The molecule has 2 aromatic heterocycles. The molecular weight excluding hydrogens is 445 g/mol. The van der Waals surface area contributed by atoms with Crippen molar-refractivity contribution >= 4 is 34.8 Å². The first kappa shape index (κ1) is 20.9. The summed E-state index contributed by atoms with van der Waals surface area (Å²) in [5.41, 5.74) is 7.24. The molecule has 3 heterocycles. The minimum Gasteiger partial charge on any atom is -0.285 e. The van der Waals surface area contributed by atoms with Gasteiger partial charge in [-0.2, -0.15) is 5.10 Å². The molecule has 0 spiro atoms. The number of hydrogen-bond acceptors (Lipinski definition) is 4. The van der Waals surface area contributed by atoms with Crippen molar-refractivity contribution in [3.63, 3.8) is 0 Å². The van der Waals surface area contributed by atoms with Crippen molar-refractivity contribution in [3.8, 4) is 22.4 Å². The summed E-state index contributed by atoms with van der Waals surface area (Å²) in [6, 6.07) is 15.1. The van der Waals surface area contributed by atoms with Gasteiger partial charge >= 0.3 is 0 Å². The predicted octanol–water partition coefficient (Wildman–Crippen LogP) is 5.50. The minimum atomic E-state index is -0.207. The number of piperidine rings is 1. The Labute approximate surface area is 195 Å². The Morgan fingerprint density at radius 1 is 0.906 bits per heavy atom. The SMILES string of the molecule is O=C(NN1CCCCC1)c1cnn2c(-c3ccc(Cl)cc3)c(-c3ccccc3Cl)cnc12. The van der Waals surface area contributed by atoms with Gasteiger partial charge in [0.1, 0.15) is 5.56 Å². The first-order chi connectivity index (χ1) is 15.6. The molecule has 1 N–H and O–H groups in total. The van der Waals surface area contributed by atoms with Crippen molar-refractivity contribution in [2.75, 3.05) is 13.1 Å². The maximum atomic E-state index is 13.0. The predicted molar refractivity (Wildman–Crippen MR) is 127 cm³/mol. The minimum absolute atomic E-state index is 0.207. The van der Waals surface area contributed by atoms with Gasteiger partial charge in [-0.3, -0.25) is 10.2 Å². The van der Waals surface area contributed by atoms with Gasteiger partial charge in [0.2, 0.25) is 0 Å². The van der Waals surface area contributed by atoms with Crippen molar-refractivity contribution in [1.82, 2.24) is 25.0 Å². The molecule has 0 atom stereocenters. The summed E-state index contributed by atoms with van der Waals surface area (Å²) in [7, 11) is 0. The molecule has 0 radical (unpaired) electrons. The summed E-state index contributed by atoms with van der Waals surface area (Å²) < 4.78 is 1.70. The maximum absolute atomic E-state index is 13.0. The summed E-state index contributed by atoms with van der Waals surface area (Å²) >= 11 is 12.6. The zero-order valence-electron chi connectivity index (χ0n) is 17.3. The number of carbonyl (C=O) groups excluding carboxylic acids is 1. The second-order valence-corrected chi connectivity index (χ2v) is 8.63. The van der Waals surface area contributed by atoms with Crippen LogP contribution < -0.4 is 5.43 Å². The standard InChI is InChI=1S/C24H21Cl2N5O/c25-17-10-8-16(9-11-17)22-19(18-6-2-3-7-21(18)26)14-27-23-20(15-28-31(22)23)24(32)29-30-12-4-1-5-13-30/h2-3,6-11,14-15H,1,4-5,12-13H2,(H,29,32). The van der Waals surface area contributed by atoms with Gasteiger partial charge in [0.25, 0.3) is 5.91 Å². The molecular formula is C24H21Cl2N5O. The van der Waals surface area contributed by atoms with Gasteiger partial charge in [0.05, 0.1) is 11.9 Å². The Kier molecular flexibility index (Phi) is 5.83. The van der Waals surface area contributed by atoms with Crippen molar-refractivity contribution in [1.29, 1.82) is 0 Å². The lowest BCUT2D eigenvalue weighted by Crippen LogP contribution is -2.45. The monoisotopic (exact) mass is 465 g/mol. The zero-order valence-corrected chi connectivity index (χ0v) is 18.8. The molecule has 0 saturated carbocycles. The molecule has 1 aliphatic rings. The molecule has 162 valence electrons. The zero-order chi connectivity index (χ0) is 22.1. The number of rotatable bonds is 4. The van der Waals surface area contributed by atoms with Crippen molar-refractivity contribution < 1.29 is 4.79 Å². The van der Waals surface area contributed by atoms with E-state index in [0.717, 1.165) is 48.3 Å². The number of hydrogen-bond donors (Lipinski definition) is 1. The van der Waals surface area contributed by atoms with Crippen LogP contribution in [-0.4, -0.2) is 38.6 Å². The van der Waals surface area contributed by atoms with Crippen LogP contribution in [0.15, 0.2) is 60.9 Å². The van der Waals surface area contributed by atoms with E-state index >= 15 is 0 Å². The van der Waals surface area contributed by atoms with Crippen LogP contribution in [0.2, 0.25) is 10.0 Å². The average Bonchev–Trinajstić information content (AvgIpc) is 3.25. The van der Waals surface area contributed by atoms with Gasteiger partial charge in [-0.05, 0) is 31.0 Å². The summed E-state index contributed by atoms with van der Waals surface area (Å²) in [6.07, 6.45) is 6.67. The lowest BCUT2D eigenvalue weighted by Gasteiger charge is -2.26. The maximum Gasteiger partial charge on any atom is 0.271 e. The molecule has 1 saturated heterocycles. The number of nitrogens with one attached hydrogen (secondary N) is 1. The second-order valence-electron chi connectivity index (χ2n) is 7.79. The van der Waals surface area contributed by atoms with E-state index < -0.39 is 0 Å². The third kappa shape index (κ3) is 3.97. The third-order valence-electron chi connectivity index (χ3n) is 5.67. The number of benzene rings is 2. The van der Waals surface area contributed by atoms with E-state index in [2.05, 4.69) is 15.5 Å². The van der Waals surface area contributed by atoms with E-state index in [1.165, 1.54) is 6.42 Å². The summed E-state index contributed by atoms with van der Waals surface area (Å²) in [5.74, 6) is -0.207. The molecule has 0 bridgehead atoms. The molecule has 8 heteroatoms. The number of hydrazine groups is 1. The number of fused-ring (bicyclic) bond motifs is 1. The fraction of sp³-hybridized carbons (Fsp3) is 0.208. The number of amides is 1. The number of carbonyl (C=O) groups is 1. The van der Waals surface area contributed by atoms with Crippen LogP contribution in [0, 0.1) is 0 Å². The quantitative estimate of drug-likeness (QED) is 0.432. The third-order valence-corrected chi connectivity index (χ3v) is 6.25. The first-order valence-electron chi connectivity index (χ1n) is 10.6. The van der Waals surface area contributed by atoms with E-state index in [4.69, 9.17) is 23.2 Å². The lowest BCUT2D eigenvalue weighted by molar-refractivity contribution is 0.0751. The lowest BCUT2D eigenvalue weighted by atomic mass is 10.0. The smallest absolute Gasteiger partial charge is 0.271 e. The fourth-order valence-electron chi connectivity index (χ4n) is 4.06. The van der Waals surface area contributed by atoms with Crippen LogP contribution in [0.5, 0.6) is 0 Å². The van der Waals surface area contributed by atoms with Crippen LogP contribution in [0.1, 0.15) is 29.6 Å². The molecule has 2 aromatic carbocycles. The van der Waals surface area contributed by atoms with Crippen molar-refractivity contribution in [2.24, 2.45) is 0 Å². The van der Waals surface area contributed by atoms with Gasteiger partial charge in [-0.15, -0.1) is 0 Å². The number of nitrogens with zero attached hydrogens (tertiary/aromatic N) is 4. The molecule has 1 amide bonds. The largest absolute Gasteiger partial charge is 0.285 e. The Hall–Kier alpha value is -2.93. The molecule has 0 unspecified atom stereocenters. The number of halogens is 2. The Morgan fingerprint density at radius 3 is 2.41 bits per heavy atom. The van der Waals surface area contributed by atoms with E-state index in [0.29, 0.717) is 21.3 Å². The molecule has 1 fully saturated rings. The van der Waals surface area contributed by atoms with Gasteiger partial charge in [-0.25, -0.2) is 14.5 Å². The highest BCUT2D eigenvalue weighted by atomic mass is 35.5. The molecule has 32 heavy (non-hydrogen) atoms. The Morgan fingerprint density at radius 2 is 1.66 bits per heavy atom. The van der Waals surface area contributed by atoms with Crippen LogP contribution in [-0.2, 0) is 0 Å². The fourth-order valence-corrected chi connectivity index (χ4v) is 4.43. The highest BCUT2D eigenvalue weighted by Crippen LogP contribution is 2.36. The van der Waals surface area contributed by atoms with Gasteiger partial charge < -0.3 is 0 Å². The van der Waals surface area contributed by atoms with E-state index in [1.54, 1.807) is 16.9 Å². The van der Waals surface area contributed by atoms with Crippen LogP contribution >= 0.6 is 23.2 Å². The van der Waals surface area contributed by atoms with Crippen LogP contribution in [0.3, 0.4) is 0 Å². The molecule has 0 aliphatic carbocycles. The van der Waals surface area contributed by atoms with E-state index in [1.807, 2.05) is 53.5 Å². The summed E-state index contributed by atoms with van der Waals surface area (Å²) in [4.78, 5) is 17.6. The second kappa shape index (κ2) is 8.90. The normalized spacial score (nSPS) is 14.6. The first-order valence-corrected chi connectivity index (χ1v) is 11.3. The highest BCUT2D eigenvalue weighted by Gasteiger charge is 2.22. The highest BCUT2D eigenvalue weighted by molar-refractivity contribution is 6.33. The van der Waals surface area contributed by atoms with Crippen molar-refractivity contribution in [2.45, 2.75) is 19.3 Å². The van der Waals surface area contributed by atoms with Gasteiger partial charge in [0, 0.05) is 46.0 Å². The molecule has 6 nitrogen and oxygen atoms in total. The Balaban J connectivity index is 1.64. The Bertz CT molecular complexity index is 1280.